The first kappa shape index (κ1) is 24.5. The first-order valence-electron chi connectivity index (χ1n) is 12.0. The Morgan fingerprint density at radius 2 is 0.861 bits per heavy atom. The zero-order chi connectivity index (χ0) is 25.3. The minimum atomic E-state index is -0.155. The number of nitrogens with one attached hydrogen (secondary N) is 2. The summed E-state index contributed by atoms with van der Waals surface area (Å²) in [7, 11) is 0. The summed E-state index contributed by atoms with van der Waals surface area (Å²) in [6.07, 6.45) is 1.87. The number of azo groups is 1. The molecule has 0 spiro atoms. The Labute approximate surface area is 211 Å². The van der Waals surface area contributed by atoms with E-state index in [0.717, 1.165) is 12.8 Å². The van der Waals surface area contributed by atoms with E-state index in [-0.39, 0.29) is 11.8 Å². The first-order chi connectivity index (χ1) is 17.5. The third-order valence-corrected chi connectivity index (χ3v) is 5.78. The molecule has 180 valence electrons. The second kappa shape index (κ2) is 11.7. The number of carbonyl (C=O) groups excluding carboxylic acids is 2. The van der Waals surface area contributed by atoms with E-state index in [0.29, 0.717) is 33.9 Å². The second-order valence-corrected chi connectivity index (χ2v) is 8.30. The van der Waals surface area contributed by atoms with Crippen molar-refractivity contribution >= 4 is 34.6 Å². The fraction of sp³-hybridized carbons (Fsp3) is 0.133. The SMILES string of the molecule is CCc1ccc(C(=O)Nc2ccc(N=Nc3ccc(NC(=O)c4ccc(CC)cc4)cc3)cc2)cc1. The minimum Gasteiger partial charge on any atom is -0.322 e. The summed E-state index contributed by atoms with van der Waals surface area (Å²) in [6.45, 7) is 4.16. The van der Waals surface area contributed by atoms with Crippen molar-refractivity contribution in [3.05, 3.63) is 119 Å². The van der Waals surface area contributed by atoms with Crippen molar-refractivity contribution in [2.75, 3.05) is 10.6 Å². The predicted molar refractivity (Wildman–Crippen MR) is 145 cm³/mol. The maximum Gasteiger partial charge on any atom is 0.255 e. The Balaban J connectivity index is 1.31. The van der Waals surface area contributed by atoms with Gasteiger partial charge < -0.3 is 10.6 Å². The van der Waals surface area contributed by atoms with Crippen molar-refractivity contribution < 1.29 is 9.59 Å². The molecule has 0 fully saturated rings. The molecular weight excluding hydrogens is 448 g/mol. The predicted octanol–water partition coefficient (Wildman–Crippen LogP) is 7.73. The Bertz CT molecular complexity index is 1240. The molecule has 0 aromatic heterocycles. The molecule has 4 aromatic carbocycles. The molecule has 0 radical (unpaired) electrons. The number of hydrogen-bond donors (Lipinski definition) is 2. The highest BCUT2D eigenvalue weighted by Crippen LogP contribution is 2.22. The normalized spacial score (nSPS) is 10.8. The van der Waals surface area contributed by atoms with Gasteiger partial charge in [0.1, 0.15) is 0 Å². The number of aryl methyl sites for hydroxylation is 2. The van der Waals surface area contributed by atoms with E-state index in [1.54, 1.807) is 48.5 Å². The van der Waals surface area contributed by atoms with E-state index in [9.17, 15) is 9.59 Å². The molecule has 0 atom stereocenters. The molecule has 36 heavy (non-hydrogen) atoms. The van der Waals surface area contributed by atoms with Crippen LogP contribution in [-0.4, -0.2) is 11.8 Å². The number of benzene rings is 4. The summed E-state index contributed by atoms with van der Waals surface area (Å²) in [6, 6.07) is 29.5. The van der Waals surface area contributed by atoms with Crippen molar-refractivity contribution in [3.63, 3.8) is 0 Å². The molecule has 6 nitrogen and oxygen atoms in total. The molecule has 0 saturated carbocycles. The van der Waals surface area contributed by atoms with Crippen LogP contribution in [0.1, 0.15) is 45.7 Å². The fourth-order valence-corrected chi connectivity index (χ4v) is 3.53. The van der Waals surface area contributed by atoms with Crippen molar-refractivity contribution in [2.24, 2.45) is 10.2 Å². The van der Waals surface area contributed by atoms with E-state index < -0.39 is 0 Å². The molecule has 6 heteroatoms. The maximum absolute atomic E-state index is 12.4. The topological polar surface area (TPSA) is 82.9 Å². The first-order valence-corrected chi connectivity index (χ1v) is 12.0. The zero-order valence-corrected chi connectivity index (χ0v) is 20.4. The van der Waals surface area contributed by atoms with Crippen molar-refractivity contribution in [3.8, 4) is 0 Å². The standard InChI is InChI=1S/C30H28N4O2/c1-3-21-5-9-23(10-6-21)29(35)31-25-13-17-27(18-14-25)33-34-28-19-15-26(16-20-28)32-30(36)24-11-7-22(4-2)8-12-24/h5-20H,3-4H2,1-2H3,(H,31,35)(H,32,36). The molecule has 0 aliphatic carbocycles. The molecule has 0 aliphatic heterocycles. The van der Waals surface area contributed by atoms with Crippen LogP contribution in [0.4, 0.5) is 22.7 Å². The van der Waals surface area contributed by atoms with Crippen LogP contribution in [-0.2, 0) is 12.8 Å². The van der Waals surface area contributed by atoms with E-state index >= 15 is 0 Å². The highest BCUT2D eigenvalue weighted by atomic mass is 16.2. The molecule has 2 amide bonds. The summed E-state index contributed by atoms with van der Waals surface area (Å²) in [5, 5.41) is 14.3. The van der Waals surface area contributed by atoms with Crippen molar-refractivity contribution in [2.45, 2.75) is 26.7 Å². The number of anilines is 2. The highest BCUT2D eigenvalue weighted by molar-refractivity contribution is 6.05. The Morgan fingerprint density at radius 1 is 0.528 bits per heavy atom. The monoisotopic (exact) mass is 476 g/mol. The van der Waals surface area contributed by atoms with Gasteiger partial charge in [-0.2, -0.15) is 10.2 Å². The molecule has 0 aliphatic rings. The number of hydrogen-bond acceptors (Lipinski definition) is 4. The van der Waals surface area contributed by atoms with Crippen LogP contribution in [0.15, 0.2) is 107 Å². The zero-order valence-electron chi connectivity index (χ0n) is 20.4. The van der Waals surface area contributed by atoms with Gasteiger partial charge in [-0.05, 0) is 96.8 Å². The van der Waals surface area contributed by atoms with Gasteiger partial charge in [0.15, 0.2) is 0 Å². The van der Waals surface area contributed by atoms with Gasteiger partial charge in [0.05, 0.1) is 11.4 Å². The molecule has 4 rings (SSSR count). The van der Waals surface area contributed by atoms with Gasteiger partial charge >= 0.3 is 0 Å². The molecule has 0 saturated heterocycles. The van der Waals surface area contributed by atoms with E-state index in [2.05, 4.69) is 34.7 Å². The van der Waals surface area contributed by atoms with Gasteiger partial charge in [-0.1, -0.05) is 38.1 Å². The summed E-state index contributed by atoms with van der Waals surface area (Å²) in [4.78, 5) is 24.9. The lowest BCUT2D eigenvalue weighted by atomic mass is 10.1. The summed E-state index contributed by atoms with van der Waals surface area (Å²) >= 11 is 0. The van der Waals surface area contributed by atoms with Crippen molar-refractivity contribution in [1.29, 1.82) is 0 Å². The summed E-state index contributed by atoms with van der Waals surface area (Å²) < 4.78 is 0. The highest BCUT2D eigenvalue weighted by Gasteiger charge is 2.07. The number of amides is 2. The Kier molecular flexibility index (Phi) is 7.98. The van der Waals surface area contributed by atoms with Crippen LogP contribution in [0.2, 0.25) is 0 Å². The molecule has 0 bridgehead atoms. The average molecular weight is 477 g/mol. The summed E-state index contributed by atoms with van der Waals surface area (Å²) in [5.41, 5.74) is 6.30. The average Bonchev–Trinajstić information content (AvgIpc) is 2.93. The van der Waals surface area contributed by atoms with Gasteiger partial charge in [-0.3, -0.25) is 9.59 Å². The number of nitrogens with zero attached hydrogens (tertiary/aromatic N) is 2. The van der Waals surface area contributed by atoms with Crippen LogP contribution in [0, 0.1) is 0 Å². The third kappa shape index (κ3) is 6.51. The van der Waals surface area contributed by atoms with Gasteiger partial charge in [-0.15, -0.1) is 0 Å². The summed E-state index contributed by atoms with van der Waals surface area (Å²) in [5.74, 6) is -0.311. The molecular formula is C30H28N4O2. The van der Waals surface area contributed by atoms with Gasteiger partial charge in [0, 0.05) is 22.5 Å². The van der Waals surface area contributed by atoms with Crippen LogP contribution in [0.3, 0.4) is 0 Å². The van der Waals surface area contributed by atoms with Gasteiger partial charge in [0.25, 0.3) is 11.8 Å². The molecule has 0 unspecified atom stereocenters. The van der Waals surface area contributed by atoms with Crippen molar-refractivity contribution in [1.82, 2.24) is 0 Å². The fourth-order valence-electron chi connectivity index (χ4n) is 3.53. The van der Waals surface area contributed by atoms with Gasteiger partial charge in [0.2, 0.25) is 0 Å². The van der Waals surface area contributed by atoms with Crippen LogP contribution < -0.4 is 10.6 Å². The molecule has 0 heterocycles. The smallest absolute Gasteiger partial charge is 0.255 e. The van der Waals surface area contributed by atoms with Gasteiger partial charge in [-0.25, -0.2) is 0 Å². The maximum atomic E-state index is 12.4. The van der Waals surface area contributed by atoms with E-state index in [1.807, 2.05) is 48.5 Å². The largest absolute Gasteiger partial charge is 0.322 e. The second-order valence-electron chi connectivity index (χ2n) is 8.30. The lowest BCUT2D eigenvalue weighted by Gasteiger charge is -2.06. The molecule has 2 N–H and O–H groups in total. The van der Waals surface area contributed by atoms with Crippen LogP contribution in [0.5, 0.6) is 0 Å². The third-order valence-electron chi connectivity index (χ3n) is 5.78. The Hall–Kier alpha value is -4.58. The Morgan fingerprint density at radius 3 is 1.17 bits per heavy atom. The quantitative estimate of drug-likeness (QED) is 0.255. The minimum absolute atomic E-state index is 0.155. The van der Waals surface area contributed by atoms with E-state index in [4.69, 9.17) is 0 Å². The lowest BCUT2D eigenvalue weighted by Crippen LogP contribution is -2.11. The molecule has 4 aromatic rings. The lowest BCUT2D eigenvalue weighted by molar-refractivity contribution is 0.101. The van der Waals surface area contributed by atoms with Crippen LogP contribution >= 0.6 is 0 Å². The van der Waals surface area contributed by atoms with E-state index in [1.165, 1.54) is 11.1 Å². The number of carbonyl (C=O) groups is 2. The van der Waals surface area contributed by atoms with Crippen LogP contribution in [0.25, 0.3) is 0 Å². The number of rotatable bonds is 8.